The van der Waals surface area contributed by atoms with Gasteiger partial charge in [0.05, 0.1) is 5.69 Å². The summed E-state index contributed by atoms with van der Waals surface area (Å²) in [7, 11) is 0. The van der Waals surface area contributed by atoms with Crippen LogP contribution in [-0.4, -0.2) is 0 Å². The maximum absolute atomic E-state index is 2.41. The van der Waals surface area contributed by atoms with Crippen LogP contribution in [-0.2, 0) is 0 Å². The van der Waals surface area contributed by atoms with Gasteiger partial charge in [-0.05, 0) is 80.0 Å². The monoisotopic (exact) mass is 599 g/mol. The minimum Gasteiger partial charge on any atom is -0.310 e. The van der Waals surface area contributed by atoms with Crippen LogP contribution in [0, 0.1) is 0 Å². The minimum atomic E-state index is 1.10. The van der Waals surface area contributed by atoms with Crippen molar-refractivity contribution in [2.45, 2.75) is 0 Å². The zero-order chi connectivity index (χ0) is 31.4. The van der Waals surface area contributed by atoms with Crippen LogP contribution < -0.4 is 4.90 Å². The highest BCUT2D eigenvalue weighted by Crippen LogP contribution is 2.45. The highest BCUT2D eigenvalue weighted by Gasteiger charge is 2.20. The van der Waals surface area contributed by atoms with Crippen molar-refractivity contribution >= 4 is 27.8 Å². The van der Waals surface area contributed by atoms with E-state index in [2.05, 4.69) is 205 Å². The molecule has 0 atom stereocenters. The van der Waals surface area contributed by atoms with Crippen LogP contribution >= 0.6 is 0 Å². The largest absolute Gasteiger partial charge is 0.310 e. The van der Waals surface area contributed by atoms with Crippen molar-refractivity contribution in [2.24, 2.45) is 0 Å². The average Bonchev–Trinajstić information content (AvgIpc) is 3.16. The molecule has 0 aliphatic carbocycles. The van der Waals surface area contributed by atoms with Gasteiger partial charge in [0.2, 0.25) is 0 Å². The number of anilines is 3. The molecule has 0 aliphatic rings. The molecule has 0 amide bonds. The Hall–Kier alpha value is -6.18. The lowest BCUT2D eigenvalue weighted by Gasteiger charge is -2.29. The quantitative estimate of drug-likeness (QED) is 0.176. The van der Waals surface area contributed by atoms with E-state index in [0.29, 0.717) is 0 Å². The van der Waals surface area contributed by atoms with Gasteiger partial charge in [0.1, 0.15) is 0 Å². The summed E-state index contributed by atoms with van der Waals surface area (Å²) in [6, 6.07) is 71.9. The molecule has 1 heteroatoms. The minimum absolute atomic E-state index is 1.10. The highest BCUT2D eigenvalue weighted by atomic mass is 15.1. The predicted molar refractivity (Wildman–Crippen MR) is 200 cm³/mol. The second-order valence-corrected chi connectivity index (χ2v) is 11.8. The lowest BCUT2D eigenvalue weighted by Crippen LogP contribution is -2.11. The zero-order valence-corrected chi connectivity index (χ0v) is 26.0. The fraction of sp³-hybridized carbons (Fsp3) is 0. The van der Waals surface area contributed by atoms with Crippen LogP contribution in [0.1, 0.15) is 0 Å². The van der Waals surface area contributed by atoms with Crippen LogP contribution in [0.3, 0.4) is 0 Å². The first-order valence-corrected chi connectivity index (χ1v) is 16.1. The molecular weight excluding hydrogens is 567 g/mol. The van der Waals surface area contributed by atoms with Gasteiger partial charge in [-0.2, -0.15) is 0 Å². The molecule has 8 rings (SSSR count). The van der Waals surface area contributed by atoms with E-state index in [9.17, 15) is 0 Å². The molecule has 0 unspecified atom stereocenters. The summed E-state index contributed by atoms with van der Waals surface area (Å²) < 4.78 is 0. The van der Waals surface area contributed by atoms with E-state index < -0.39 is 0 Å². The smallest absolute Gasteiger partial charge is 0.0546 e. The van der Waals surface area contributed by atoms with Crippen LogP contribution in [0.15, 0.2) is 200 Å². The zero-order valence-electron chi connectivity index (χ0n) is 26.0. The Morgan fingerprint density at radius 1 is 0.277 bits per heavy atom. The van der Waals surface area contributed by atoms with Crippen molar-refractivity contribution in [1.82, 2.24) is 0 Å². The van der Waals surface area contributed by atoms with Gasteiger partial charge in [-0.25, -0.2) is 0 Å². The second-order valence-electron chi connectivity index (χ2n) is 11.8. The van der Waals surface area contributed by atoms with Gasteiger partial charge in [0.15, 0.2) is 0 Å². The molecule has 0 N–H and O–H groups in total. The molecule has 0 aromatic heterocycles. The molecule has 0 saturated heterocycles. The van der Waals surface area contributed by atoms with Crippen molar-refractivity contribution < 1.29 is 0 Å². The average molecular weight is 600 g/mol. The van der Waals surface area contributed by atoms with Gasteiger partial charge in [0.25, 0.3) is 0 Å². The molecule has 1 nitrogen and oxygen atoms in total. The van der Waals surface area contributed by atoms with Crippen molar-refractivity contribution in [3.8, 4) is 44.5 Å². The maximum atomic E-state index is 2.41. The molecular formula is C46H33N. The number of benzene rings is 8. The molecule has 0 radical (unpaired) electrons. The summed E-state index contributed by atoms with van der Waals surface area (Å²) in [6.45, 7) is 0. The van der Waals surface area contributed by atoms with Gasteiger partial charge in [0, 0.05) is 16.9 Å². The Kier molecular flexibility index (Phi) is 7.63. The van der Waals surface area contributed by atoms with Crippen LogP contribution in [0.2, 0.25) is 0 Å². The SMILES string of the molecule is c1ccc(-c2ccc(N(c3ccc(-c4ccccc4)cc3)c3cc(-c4ccccc4)ccc3-c3cccc4ccccc34)cc2)cc1. The van der Waals surface area contributed by atoms with E-state index >= 15 is 0 Å². The van der Waals surface area contributed by atoms with Crippen molar-refractivity contribution in [3.63, 3.8) is 0 Å². The fourth-order valence-electron chi connectivity index (χ4n) is 6.51. The van der Waals surface area contributed by atoms with E-state index in [4.69, 9.17) is 0 Å². The first-order chi connectivity index (χ1) is 23.3. The molecule has 222 valence electrons. The van der Waals surface area contributed by atoms with E-state index in [-0.39, 0.29) is 0 Å². The summed E-state index contributed by atoms with van der Waals surface area (Å²) in [5.74, 6) is 0. The van der Waals surface area contributed by atoms with Gasteiger partial charge in [-0.3, -0.25) is 0 Å². The topological polar surface area (TPSA) is 3.24 Å². The van der Waals surface area contributed by atoms with E-state index in [1.807, 2.05) is 0 Å². The number of hydrogen-bond acceptors (Lipinski definition) is 1. The fourth-order valence-corrected chi connectivity index (χ4v) is 6.51. The summed E-state index contributed by atoms with van der Waals surface area (Å²) in [6.07, 6.45) is 0. The third kappa shape index (κ3) is 5.72. The number of hydrogen-bond donors (Lipinski definition) is 0. The summed E-state index contributed by atoms with van der Waals surface area (Å²) >= 11 is 0. The lowest BCUT2D eigenvalue weighted by molar-refractivity contribution is 1.28. The Labute approximate surface area is 276 Å². The van der Waals surface area contributed by atoms with Crippen molar-refractivity contribution in [3.05, 3.63) is 200 Å². The van der Waals surface area contributed by atoms with E-state index in [1.54, 1.807) is 0 Å². The Morgan fingerprint density at radius 3 is 1.26 bits per heavy atom. The van der Waals surface area contributed by atoms with E-state index in [1.165, 1.54) is 55.3 Å². The highest BCUT2D eigenvalue weighted by molar-refractivity contribution is 6.02. The summed E-state index contributed by atoms with van der Waals surface area (Å²) in [5.41, 5.74) is 12.9. The van der Waals surface area contributed by atoms with Crippen LogP contribution in [0.25, 0.3) is 55.3 Å². The van der Waals surface area contributed by atoms with Crippen LogP contribution in [0.5, 0.6) is 0 Å². The number of nitrogens with zero attached hydrogens (tertiary/aromatic N) is 1. The maximum Gasteiger partial charge on any atom is 0.0546 e. The molecule has 47 heavy (non-hydrogen) atoms. The molecule has 0 aliphatic heterocycles. The van der Waals surface area contributed by atoms with Gasteiger partial charge >= 0.3 is 0 Å². The Morgan fingerprint density at radius 2 is 0.702 bits per heavy atom. The molecule has 0 saturated carbocycles. The lowest BCUT2D eigenvalue weighted by atomic mass is 9.93. The predicted octanol–water partition coefficient (Wildman–Crippen LogP) is 13.0. The summed E-state index contributed by atoms with van der Waals surface area (Å²) in [4.78, 5) is 2.41. The van der Waals surface area contributed by atoms with Gasteiger partial charge in [-0.1, -0.05) is 170 Å². The number of rotatable bonds is 7. The molecule has 0 spiro atoms. The molecule has 0 heterocycles. The first kappa shape index (κ1) is 28.3. The van der Waals surface area contributed by atoms with Crippen molar-refractivity contribution in [1.29, 1.82) is 0 Å². The van der Waals surface area contributed by atoms with Crippen molar-refractivity contribution in [2.75, 3.05) is 4.90 Å². The molecule has 0 bridgehead atoms. The normalized spacial score (nSPS) is 11.0. The Bertz CT molecular complexity index is 2170. The first-order valence-electron chi connectivity index (χ1n) is 16.1. The third-order valence-electron chi connectivity index (χ3n) is 8.89. The number of fused-ring (bicyclic) bond motifs is 1. The molecule has 8 aromatic rings. The molecule has 0 fully saturated rings. The van der Waals surface area contributed by atoms with Crippen LogP contribution in [0.4, 0.5) is 17.1 Å². The molecule has 8 aromatic carbocycles. The summed E-state index contributed by atoms with van der Waals surface area (Å²) in [5, 5.41) is 2.47. The second kappa shape index (κ2) is 12.7. The van der Waals surface area contributed by atoms with Gasteiger partial charge in [-0.15, -0.1) is 0 Å². The standard InChI is InChI=1S/C46H33N/c1-4-13-34(14-5-1)37-23-28-41(29-24-37)47(42-30-25-38(26-31-42)35-15-6-2-7-16-35)46-33-40(36-17-8-3-9-18-36)27-32-45(46)44-22-12-20-39-19-10-11-21-43(39)44/h1-33H. The third-order valence-corrected chi connectivity index (χ3v) is 8.89. The Balaban J connectivity index is 1.35. The van der Waals surface area contributed by atoms with E-state index in [0.717, 1.165) is 17.1 Å². The van der Waals surface area contributed by atoms with Gasteiger partial charge < -0.3 is 4.90 Å².